The monoisotopic (exact) mass is 255 g/mol. The van der Waals surface area contributed by atoms with Gasteiger partial charge in [-0.15, -0.1) is 0 Å². The molecule has 1 aromatic carbocycles. The zero-order chi connectivity index (χ0) is 12.5. The molecule has 3 heteroatoms. The lowest BCUT2D eigenvalue weighted by Gasteiger charge is -2.12. The van der Waals surface area contributed by atoms with Crippen LogP contribution in [0.2, 0.25) is 5.02 Å². The fourth-order valence-electron chi connectivity index (χ4n) is 1.65. The largest absolute Gasteiger partial charge is 0.381 e. The van der Waals surface area contributed by atoms with E-state index in [-0.39, 0.29) is 0 Å². The van der Waals surface area contributed by atoms with Crippen LogP contribution in [0.25, 0.3) is 0 Å². The highest BCUT2D eigenvalue weighted by Crippen LogP contribution is 2.10. The molecule has 1 atom stereocenters. The Morgan fingerprint density at radius 3 is 2.94 bits per heavy atom. The predicted molar refractivity (Wildman–Crippen MR) is 73.7 cm³/mol. The smallest absolute Gasteiger partial charge is 0.0503 e. The summed E-state index contributed by atoms with van der Waals surface area (Å²) in [5, 5.41) is 4.25. The molecule has 0 radical (unpaired) electrons. The number of halogens is 1. The van der Waals surface area contributed by atoms with Gasteiger partial charge in [0.1, 0.15) is 0 Å². The highest BCUT2D eigenvalue weighted by atomic mass is 35.5. The molecule has 0 saturated carbocycles. The van der Waals surface area contributed by atoms with Crippen molar-refractivity contribution in [2.75, 3.05) is 26.3 Å². The molecule has 1 rings (SSSR count). The third kappa shape index (κ3) is 6.67. The number of nitrogens with one attached hydrogen (secondary N) is 1. The quantitative estimate of drug-likeness (QED) is 0.721. The highest BCUT2D eigenvalue weighted by molar-refractivity contribution is 6.30. The number of hydrogen-bond acceptors (Lipinski definition) is 2. The Kier molecular flexibility index (Phi) is 7.25. The summed E-state index contributed by atoms with van der Waals surface area (Å²) in [5.74, 6) is 0.564. The van der Waals surface area contributed by atoms with E-state index in [4.69, 9.17) is 16.3 Å². The first-order chi connectivity index (χ1) is 8.22. The van der Waals surface area contributed by atoms with Crippen LogP contribution < -0.4 is 5.32 Å². The molecule has 0 bridgehead atoms. The zero-order valence-corrected chi connectivity index (χ0v) is 11.5. The van der Waals surface area contributed by atoms with Crippen molar-refractivity contribution >= 4 is 11.6 Å². The van der Waals surface area contributed by atoms with Crippen molar-refractivity contribution < 1.29 is 4.74 Å². The van der Waals surface area contributed by atoms with Crippen LogP contribution in [0.5, 0.6) is 0 Å². The summed E-state index contributed by atoms with van der Waals surface area (Å²) in [7, 11) is 0. The van der Waals surface area contributed by atoms with Crippen molar-refractivity contribution in [3.8, 4) is 0 Å². The number of ether oxygens (including phenoxy) is 1. The van der Waals surface area contributed by atoms with E-state index in [0.717, 1.165) is 37.7 Å². The first-order valence-electron chi connectivity index (χ1n) is 6.25. The Morgan fingerprint density at radius 1 is 1.41 bits per heavy atom. The fraction of sp³-hybridized carbons (Fsp3) is 0.571. The van der Waals surface area contributed by atoms with Gasteiger partial charge in [-0.1, -0.05) is 30.7 Å². The molecule has 0 heterocycles. The van der Waals surface area contributed by atoms with Gasteiger partial charge in [-0.05, 0) is 50.0 Å². The van der Waals surface area contributed by atoms with E-state index in [1.807, 2.05) is 25.1 Å². The van der Waals surface area contributed by atoms with E-state index >= 15 is 0 Å². The lowest BCUT2D eigenvalue weighted by Crippen LogP contribution is -2.26. The minimum absolute atomic E-state index is 0.564. The molecular formula is C14H22ClNO. The normalized spacial score (nSPS) is 12.6. The van der Waals surface area contributed by atoms with Gasteiger partial charge in [0.15, 0.2) is 0 Å². The predicted octanol–water partition coefficient (Wildman–Crippen LogP) is 3.14. The van der Waals surface area contributed by atoms with Crippen LogP contribution in [0.3, 0.4) is 0 Å². The van der Waals surface area contributed by atoms with Crippen LogP contribution >= 0.6 is 11.6 Å². The van der Waals surface area contributed by atoms with Crippen molar-refractivity contribution in [1.82, 2.24) is 5.32 Å². The first-order valence-corrected chi connectivity index (χ1v) is 6.63. The van der Waals surface area contributed by atoms with E-state index in [2.05, 4.69) is 18.3 Å². The van der Waals surface area contributed by atoms with Gasteiger partial charge in [0.25, 0.3) is 0 Å². The summed E-state index contributed by atoms with van der Waals surface area (Å²) in [6.07, 6.45) is 1.02. The van der Waals surface area contributed by atoms with E-state index < -0.39 is 0 Å². The molecule has 0 fully saturated rings. The minimum atomic E-state index is 0.564. The molecule has 1 aromatic rings. The molecule has 0 aliphatic rings. The molecule has 17 heavy (non-hydrogen) atoms. The fourth-order valence-corrected chi connectivity index (χ4v) is 1.86. The van der Waals surface area contributed by atoms with Crippen molar-refractivity contribution in [1.29, 1.82) is 0 Å². The van der Waals surface area contributed by atoms with E-state index in [1.54, 1.807) is 0 Å². The molecular weight excluding hydrogens is 234 g/mol. The van der Waals surface area contributed by atoms with Gasteiger partial charge < -0.3 is 10.1 Å². The van der Waals surface area contributed by atoms with Crippen LogP contribution in [0.15, 0.2) is 24.3 Å². The molecule has 1 unspecified atom stereocenters. The minimum Gasteiger partial charge on any atom is -0.381 e. The van der Waals surface area contributed by atoms with Crippen LogP contribution in [0.4, 0.5) is 0 Å². The van der Waals surface area contributed by atoms with Gasteiger partial charge in [0.05, 0.1) is 6.61 Å². The number of hydrogen-bond donors (Lipinski definition) is 1. The molecule has 1 N–H and O–H groups in total. The lowest BCUT2D eigenvalue weighted by atomic mass is 10.1. The van der Waals surface area contributed by atoms with Crippen molar-refractivity contribution in [2.24, 2.45) is 5.92 Å². The third-order valence-corrected chi connectivity index (χ3v) is 2.81. The maximum atomic E-state index is 5.93. The topological polar surface area (TPSA) is 21.3 Å². The Balaban J connectivity index is 2.11. The van der Waals surface area contributed by atoms with Crippen LogP contribution in [-0.2, 0) is 11.2 Å². The standard InChI is InChI=1S/C14H22ClNO/c1-3-17-11-12(2)10-16-8-7-13-5-4-6-14(15)9-13/h4-6,9,12,16H,3,7-8,10-11H2,1-2H3. The second-order valence-corrected chi connectivity index (χ2v) is 4.79. The summed E-state index contributed by atoms with van der Waals surface area (Å²) >= 11 is 5.93. The Morgan fingerprint density at radius 2 is 2.24 bits per heavy atom. The van der Waals surface area contributed by atoms with E-state index in [0.29, 0.717) is 5.92 Å². The average molecular weight is 256 g/mol. The van der Waals surface area contributed by atoms with Gasteiger partial charge in [0.2, 0.25) is 0 Å². The van der Waals surface area contributed by atoms with Crippen LogP contribution in [0, 0.1) is 5.92 Å². The van der Waals surface area contributed by atoms with Crippen LogP contribution in [0.1, 0.15) is 19.4 Å². The van der Waals surface area contributed by atoms with Crippen molar-refractivity contribution in [3.05, 3.63) is 34.9 Å². The molecule has 0 saturated heterocycles. The summed E-state index contributed by atoms with van der Waals surface area (Å²) in [6.45, 7) is 7.84. The number of rotatable bonds is 8. The molecule has 96 valence electrons. The Hall–Kier alpha value is -0.570. The summed E-state index contributed by atoms with van der Waals surface area (Å²) < 4.78 is 5.37. The maximum absolute atomic E-state index is 5.93. The molecule has 0 aliphatic heterocycles. The van der Waals surface area contributed by atoms with E-state index in [9.17, 15) is 0 Å². The Labute approximate surface area is 109 Å². The summed E-state index contributed by atoms with van der Waals surface area (Å²) in [5.41, 5.74) is 1.28. The summed E-state index contributed by atoms with van der Waals surface area (Å²) in [6, 6.07) is 8.03. The Bertz CT molecular complexity index is 317. The maximum Gasteiger partial charge on any atom is 0.0503 e. The van der Waals surface area contributed by atoms with E-state index in [1.165, 1.54) is 5.56 Å². The average Bonchev–Trinajstić information content (AvgIpc) is 2.32. The SMILES string of the molecule is CCOCC(C)CNCCc1cccc(Cl)c1. The van der Waals surface area contributed by atoms with Crippen molar-refractivity contribution in [3.63, 3.8) is 0 Å². The second kappa shape index (κ2) is 8.51. The van der Waals surface area contributed by atoms with Gasteiger partial charge in [-0.3, -0.25) is 0 Å². The highest BCUT2D eigenvalue weighted by Gasteiger charge is 2.01. The first kappa shape index (κ1) is 14.5. The zero-order valence-electron chi connectivity index (χ0n) is 10.7. The lowest BCUT2D eigenvalue weighted by molar-refractivity contribution is 0.116. The van der Waals surface area contributed by atoms with Gasteiger partial charge >= 0.3 is 0 Å². The molecule has 0 amide bonds. The van der Waals surface area contributed by atoms with Gasteiger partial charge in [-0.2, -0.15) is 0 Å². The van der Waals surface area contributed by atoms with Crippen molar-refractivity contribution in [2.45, 2.75) is 20.3 Å². The van der Waals surface area contributed by atoms with Gasteiger partial charge in [-0.25, -0.2) is 0 Å². The molecule has 0 aromatic heterocycles. The van der Waals surface area contributed by atoms with Crippen LogP contribution in [-0.4, -0.2) is 26.3 Å². The molecule has 2 nitrogen and oxygen atoms in total. The third-order valence-electron chi connectivity index (χ3n) is 2.58. The molecule has 0 aliphatic carbocycles. The molecule has 0 spiro atoms. The summed E-state index contributed by atoms with van der Waals surface area (Å²) in [4.78, 5) is 0. The number of benzene rings is 1. The second-order valence-electron chi connectivity index (χ2n) is 4.35. The van der Waals surface area contributed by atoms with Gasteiger partial charge in [0, 0.05) is 11.6 Å².